The monoisotopic (exact) mass is 207 g/mol. The van der Waals surface area contributed by atoms with E-state index in [1.54, 1.807) is 0 Å². The molecule has 2 fully saturated rings. The number of amides is 1. The first-order valence-electron chi connectivity index (χ1n) is 5.79. The summed E-state index contributed by atoms with van der Waals surface area (Å²) in [5.74, 6) is 0.733. The van der Waals surface area contributed by atoms with Gasteiger partial charge in [-0.1, -0.05) is 27.4 Å². The summed E-state index contributed by atoms with van der Waals surface area (Å²) in [6, 6.07) is 0. The largest absolute Gasteiger partial charge is 0.366 e. The molecule has 2 rings (SSSR count). The minimum Gasteiger partial charge on any atom is -0.366 e. The third-order valence-corrected chi connectivity index (χ3v) is 5.53. The van der Waals surface area contributed by atoms with Crippen molar-refractivity contribution in [2.45, 2.75) is 40.0 Å². The first-order valence-corrected chi connectivity index (χ1v) is 5.79. The van der Waals surface area contributed by atoms with Gasteiger partial charge in [-0.05, 0) is 41.9 Å². The summed E-state index contributed by atoms with van der Waals surface area (Å²) in [6.45, 7) is 10.9. The van der Waals surface area contributed by atoms with Crippen molar-refractivity contribution < 1.29 is 4.79 Å². The van der Waals surface area contributed by atoms with E-state index in [0.717, 1.165) is 12.3 Å². The fraction of sp³-hybridized carbons (Fsp3) is 0.769. The van der Waals surface area contributed by atoms with Crippen molar-refractivity contribution in [1.82, 2.24) is 0 Å². The molecule has 2 N–H and O–H groups in total. The summed E-state index contributed by atoms with van der Waals surface area (Å²) in [5.41, 5.74) is 6.56. The third kappa shape index (κ3) is 1.14. The number of carbonyl (C=O) groups excluding carboxylic acids is 1. The van der Waals surface area contributed by atoms with Gasteiger partial charge in [0.2, 0.25) is 5.91 Å². The number of hydrogen-bond acceptors (Lipinski definition) is 1. The van der Waals surface area contributed by atoms with E-state index in [1.807, 2.05) is 0 Å². The van der Waals surface area contributed by atoms with E-state index in [0.29, 0.717) is 16.9 Å². The fourth-order valence-corrected chi connectivity index (χ4v) is 3.90. The van der Waals surface area contributed by atoms with E-state index in [-0.39, 0.29) is 11.3 Å². The fourth-order valence-electron chi connectivity index (χ4n) is 3.90. The molecule has 2 aliphatic carbocycles. The van der Waals surface area contributed by atoms with Crippen molar-refractivity contribution in [3.63, 3.8) is 0 Å². The maximum Gasteiger partial charge on any atom is 0.244 e. The van der Waals surface area contributed by atoms with Crippen molar-refractivity contribution in [3.05, 3.63) is 12.2 Å². The lowest BCUT2D eigenvalue weighted by Gasteiger charge is -2.39. The van der Waals surface area contributed by atoms with Gasteiger partial charge >= 0.3 is 0 Å². The SMILES string of the molecule is C=C(C(N)=O)C1CC2CCC1(C)C2(C)C. The Bertz CT molecular complexity index is 331. The second-order valence-electron chi connectivity index (χ2n) is 6.05. The van der Waals surface area contributed by atoms with E-state index in [9.17, 15) is 4.79 Å². The quantitative estimate of drug-likeness (QED) is 0.695. The lowest BCUT2D eigenvalue weighted by atomic mass is 9.65. The van der Waals surface area contributed by atoms with Crippen molar-refractivity contribution in [1.29, 1.82) is 0 Å². The van der Waals surface area contributed by atoms with Crippen LogP contribution >= 0.6 is 0 Å². The van der Waals surface area contributed by atoms with Gasteiger partial charge in [-0.3, -0.25) is 4.79 Å². The minimum absolute atomic E-state index is 0.226. The van der Waals surface area contributed by atoms with Crippen molar-refractivity contribution >= 4 is 5.91 Å². The van der Waals surface area contributed by atoms with Crippen LogP contribution in [0.2, 0.25) is 0 Å². The Morgan fingerprint density at radius 2 is 2.00 bits per heavy atom. The minimum atomic E-state index is -0.315. The van der Waals surface area contributed by atoms with Crippen LogP contribution in [0.25, 0.3) is 0 Å². The normalized spacial score (nSPS) is 41.8. The third-order valence-electron chi connectivity index (χ3n) is 5.53. The Balaban J connectivity index is 2.34. The van der Waals surface area contributed by atoms with Crippen LogP contribution in [0, 0.1) is 22.7 Å². The second kappa shape index (κ2) is 2.87. The Morgan fingerprint density at radius 3 is 2.33 bits per heavy atom. The van der Waals surface area contributed by atoms with Gasteiger partial charge in [0.05, 0.1) is 0 Å². The summed E-state index contributed by atoms with van der Waals surface area (Å²) >= 11 is 0. The number of primary amides is 1. The number of rotatable bonds is 2. The first-order chi connectivity index (χ1) is 6.80. The van der Waals surface area contributed by atoms with Crippen LogP contribution in [0.3, 0.4) is 0 Å². The Kier molecular flexibility index (Phi) is 2.05. The van der Waals surface area contributed by atoms with Gasteiger partial charge in [0, 0.05) is 5.57 Å². The highest BCUT2D eigenvalue weighted by molar-refractivity contribution is 5.92. The molecule has 0 aromatic carbocycles. The highest BCUT2D eigenvalue weighted by Gasteiger charge is 2.61. The standard InChI is InChI=1S/C13H21NO/c1-8(11(14)15)10-7-9-5-6-13(10,4)12(9,2)3/h9-10H,1,5-7H2,2-4H3,(H2,14,15). The molecule has 0 saturated heterocycles. The Morgan fingerprint density at radius 1 is 1.40 bits per heavy atom. The first kappa shape index (κ1) is 10.7. The second-order valence-corrected chi connectivity index (χ2v) is 6.05. The molecule has 1 amide bonds. The molecular formula is C13H21NO. The predicted molar refractivity (Wildman–Crippen MR) is 61.1 cm³/mol. The topological polar surface area (TPSA) is 43.1 Å². The number of fused-ring (bicyclic) bond motifs is 2. The lowest BCUT2D eigenvalue weighted by Crippen LogP contribution is -2.35. The molecule has 2 saturated carbocycles. The van der Waals surface area contributed by atoms with Crippen LogP contribution < -0.4 is 5.73 Å². The van der Waals surface area contributed by atoms with Crippen LogP contribution in [0.4, 0.5) is 0 Å². The Hall–Kier alpha value is -0.790. The van der Waals surface area contributed by atoms with Crippen LogP contribution in [0.1, 0.15) is 40.0 Å². The van der Waals surface area contributed by atoms with Crippen LogP contribution in [0.15, 0.2) is 12.2 Å². The van der Waals surface area contributed by atoms with Gasteiger partial charge in [-0.2, -0.15) is 0 Å². The molecule has 0 aromatic heterocycles. The van der Waals surface area contributed by atoms with Crippen molar-refractivity contribution in [2.24, 2.45) is 28.4 Å². The molecule has 2 aliphatic rings. The lowest BCUT2D eigenvalue weighted by molar-refractivity contribution is -0.115. The molecule has 0 radical (unpaired) electrons. The molecule has 2 heteroatoms. The van der Waals surface area contributed by atoms with Crippen LogP contribution in [-0.2, 0) is 4.79 Å². The Labute approximate surface area is 91.9 Å². The van der Waals surface area contributed by atoms with Gasteiger partial charge in [0.25, 0.3) is 0 Å². The smallest absolute Gasteiger partial charge is 0.244 e. The average Bonchev–Trinajstić information content (AvgIpc) is 2.47. The van der Waals surface area contributed by atoms with E-state index in [2.05, 4.69) is 27.4 Å². The van der Waals surface area contributed by atoms with E-state index in [1.165, 1.54) is 12.8 Å². The highest BCUT2D eigenvalue weighted by atomic mass is 16.1. The molecular weight excluding hydrogens is 186 g/mol. The molecule has 15 heavy (non-hydrogen) atoms. The van der Waals surface area contributed by atoms with Gasteiger partial charge in [0.15, 0.2) is 0 Å². The summed E-state index contributed by atoms with van der Waals surface area (Å²) in [4.78, 5) is 11.2. The van der Waals surface area contributed by atoms with Gasteiger partial charge in [-0.15, -0.1) is 0 Å². The van der Waals surface area contributed by atoms with Gasteiger partial charge in [-0.25, -0.2) is 0 Å². The predicted octanol–water partition coefficient (Wildman–Crippen LogP) is 2.49. The van der Waals surface area contributed by atoms with E-state index < -0.39 is 0 Å². The molecule has 2 nitrogen and oxygen atoms in total. The summed E-state index contributed by atoms with van der Waals surface area (Å²) in [5, 5.41) is 0. The molecule has 0 aromatic rings. The summed E-state index contributed by atoms with van der Waals surface area (Å²) in [6.07, 6.45) is 3.61. The maximum atomic E-state index is 11.2. The van der Waals surface area contributed by atoms with Crippen LogP contribution in [0.5, 0.6) is 0 Å². The number of hydrogen-bond donors (Lipinski definition) is 1. The van der Waals surface area contributed by atoms with Crippen molar-refractivity contribution in [2.75, 3.05) is 0 Å². The molecule has 3 unspecified atom stereocenters. The molecule has 2 bridgehead atoms. The average molecular weight is 207 g/mol. The number of nitrogens with two attached hydrogens (primary N) is 1. The zero-order valence-corrected chi connectivity index (χ0v) is 9.97. The maximum absolute atomic E-state index is 11.2. The zero-order chi connectivity index (χ0) is 11.4. The summed E-state index contributed by atoms with van der Waals surface area (Å²) in [7, 11) is 0. The summed E-state index contributed by atoms with van der Waals surface area (Å²) < 4.78 is 0. The zero-order valence-electron chi connectivity index (χ0n) is 9.97. The molecule has 0 spiro atoms. The molecule has 0 heterocycles. The molecule has 84 valence electrons. The molecule has 0 aliphatic heterocycles. The van der Waals surface area contributed by atoms with Gasteiger partial charge in [0.1, 0.15) is 0 Å². The van der Waals surface area contributed by atoms with Crippen LogP contribution in [-0.4, -0.2) is 5.91 Å². The number of carbonyl (C=O) groups is 1. The van der Waals surface area contributed by atoms with Crippen molar-refractivity contribution in [3.8, 4) is 0 Å². The van der Waals surface area contributed by atoms with Gasteiger partial charge < -0.3 is 5.73 Å². The highest BCUT2D eigenvalue weighted by Crippen LogP contribution is 2.69. The van der Waals surface area contributed by atoms with E-state index in [4.69, 9.17) is 5.73 Å². The molecule has 3 atom stereocenters. The van der Waals surface area contributed by atoms with E-state index >= 15 is 0 Å².